The highest BCUT2D eigenvalue weighted by Gasteiger charge is 2.39. The van der Waals surface area contributed by atoms with Gasteiger partial charge in [-0.3, -0.25) is 9.59 Å². The highest BCUT2D eigenvalue weighted by Crippen LogP contribution is 2.43. The van der Waals surface area contributed by atoms with Crippen LogP contribution >= 0.6 is 11.6 Å². The van der Waals surface area contributed by atoms with Crippen LogP contribution in [0.3, 0.4) is 0 Å². The van der Waals surface area contributed by atoms with Crippen molar-refractivity contribution in [1.29, 1.82) is 0 Å². The van der Waals surface area contributed by atoms with Gasteiger partial charge in [-0.15, -0.1) is 0 Å². The Labute approximate surface area is 200 Å². The van der Waals surface area contributed by atoms with Gasteiger partial charge in [0.2, 0.25) is 5.91 Å². The molecule has 1 aliphatic rings. The predicted octanol–water partition coefficient (Wildman–Crippen LogP) is 6.90. The number of nitrogens with zero attached hydrogens (tertiary/aromatic N) is 2. The first-order valence-electron chi connectivity index (χ1n) is 11.5. The molecule has 0 bridgehead atoms. The highest BCUT2D eigenvalue weighted by molar-refractivity contribution is 6.31. The zero-order chi connectivity index (χ0) is 23.5. The molecule has 4 nitrogen and oxygen atoms in total. The van der Waals surface area contributed by atoms with Crippen molar-refractivity contribution < 1.29 is 9.59 Å². The second-order valence-electron chi connectivity index (χ2n) is 8.70. The van der Waals surface area contributed by atoms with E-state index in [2.05, 4.69) is 6.92 Å². The monoisotopic (exact) mass is 460 g/mol. The van der Waals surface area contributed by atoms with Gasteiger partial charge in [0.25, 0.3) is 5.91 Å². The Morgan fingerprint density at radius 1 is 1.03 bits per heavy atom. The molecule has 3 aromatic rings. The van der Waals surface area contributed by atoms with Gasteiger partial charge in [-0.1, -0.05) is 67.9 Å². The number of rotatable bonds is 5. The first-order valence-corrected chi connectivity index (χ1v) is 11.9. The molecule has 0 fully saturated rings. The summed E-state index contributed by atoms with van der Waals surface area (Å²) < 4.78 is 0. The van der Waals surface area contributed by atoms with Gasteiger partial charge in [-0.05, 0) is 61.7 Å². The summed E-state index contributed by atoms with van der Waals surface area (Å²) >= 11 is 6.21. The molecule has 5 heteroatoms. The molecular weight excluding hydrogens is 432 g/mol. The molecule has 0 unspecified atom stereocenters. The Kier molecular flexibility index (Phi) is 6.85. The number of amides is 2. The molecule has 3 aromatic carbocycles. The average molecular weight is 461 g/mol. The van der Waals surface area contributed by atoms with Crippen LogP contribution in [0.25, 0.3) is 0 Å². The lowest BCUT2D eigenvalue weighted by molar-refractivity contribution is -0.122. The van der Waals surface area contributed by atoms with E-state index in [0.717, 1.165) is 23.4 Å². The van der Waals surface area contributed by atoms with Gasteiger partial charge in [-0.25, -0.2) is 0 Å². The summed E-state index contributed by atoms with van der Waals surface area (Å²) in [6.07, 6.45) is 1.43. The molecule has 170 valence electrons. The van der Waals surface area contributed by atoms with Crippen LogP contribution in [0.2, 0.25) is 5.02 Å². The number of halogens is 1. The lowest BCUT2D eigenvalue weighted by Gasteiger charge is -2.44. The summed E-state index contributed by atoms with van der Waals surface area (Å²) in [4.78, 5) is 30.9. The minimum Gasteiger partial charge on any atom is -0.309 e. The molecule has 2 amide bonds. The Hall–Kier alpha value is -3.11. The maximum atomic E-state index is 13.9. The fourth-order valence-corrected chi connectivity index (χ4v) is 4.75. The maximum Gasteiger partial charge on any atom is 0.258 e. The number of hydrogen-bond acceptors (Lipinski definition) is 2. The summed E-state index contributed by atoms with van der Waals surface area (Å²) in [6, 6.07) is 24.5. The van der Waals surface area contributed by atoms with Crippen molar-refractivity contribution in [2.24, 2.45) is 5.92 Å². The van der Waals surface area contributed by atoms with Gasteiger partial charge in [0.1, 0.15) is 0 Å². The van der Waals surface area contributed by atoms with Crippen molar-refractivity contribution in [3.63, 3.8) is 0 Å². The first kappa shape index (κ1) is 23.1. The Morgan fingerprint density at radius 3 is 2.42 bits per heavy atom. The van der Waals surface area contributed by atoms with Crippen LogP contribution in [0.4, 0.5) is 11.4 Å². The van der Waals surface area contributed by atoms with Gasteiger partial charge in [0, 0.05) is 33.9 Å². The number of anilines is 2. The summed E-state index contributed by atoms with van der Waals surface area (Å²) in [7, 11) is 0. The van der Waals surface area contributed by atoms with E-state index in [9.17, 15) is 9.59 Å². The topological polar surface area (TPSA) is 40.6 Å². The van der Waals surface area contributed by atoms with E-state index in [1.807, 2.05) is 78.2 Å². The minimum absolute atomic E-state index is 0.0511. The van der Waals surface area contributed by atoms with Crippen LogP contribution < -0.4 is 9.80 Å². The fraction of sp³-hybridized carbons (Fsp3) is 0.286. The summed E-state index contributed by atoms with van der Waals surface area (Å²) in [5, 5.41) is 0.525. The Morgan fingerprint density at radius 2 is 1.73 bits per heavy atom. The van der Waals surface area contributed by atoms with Gasteiger partial charge >= 0.3 is 0 Å². The second-order valence-corrected chi connectivity index (χ2v) is 9.13. The van der Waals surface area contributed by atoms with E-state index in [0.29, 0.717) is 17.0 Å². The molecule has 4 rings (SSSR count). The largest absolute Gasteiger partial charge is 0.309 e. The van der Waals surface area contributed by atoms with Crippen LogP contribution in [0.15, 0.2) is 78.9 Å². The van der Waals surface area contributed by atoms with E-state index in [1.54, 1.807) is 24.3 Å². The number of carbonyl (C=O) groups excluding carboxylic acids is 2. The van der Waals surface area contributed by atoms with Crippen LogP contribution in [0.1, 0.15) is 55.6 Å². The zero-order valence-corrected chi connectivity index (χ0v) is 20.0. The number of carbonyl (C=O) groups is 2. The number of benzene rings is 3. The van der Waals surface area contributed by atoms with Gasteiger partial charge < -0.3 is 9.80 Å². The molecule has 0 aliphatic carbocycles. The third-order valence-corrected chi connectivity index (χ3v) is 6.70. The quantitative estimate of drug-likeness (QED) is 0.415. The van der Waals surface area contributed by atoms with E-state index in [4.69, 9.17) is 11.6 Å². The molecule has 3 atom stereocenters. The zero-order valence-electron chi connectivity index (χ0n) is 19.2. The molecule has 0 aromatic heterocycles. The van der Waals surface area contributed by atoms with Crippen LogP contribution in [-0.4, -0.2) is 17.9 Å². The molecule has 0 N–H and O–H groups in total. The third-order valence-electron chi connectivity index (χ3n) is 6.47. The van der Waals surface area contributed by atoms with E-state index in [-0.39, 0.29) is 29.8 Å². The predicted molar refractivity (Wildman–Crippen MR) is 135 cm³/mol. The van der Waals surface area contributed by atoms with Gasteiger partial charge in [0.05, 0.1) is 6.04 Å². The van der Waals surface area contributed by atoms with E-state index in [1.165, 1.54) is 0 Å². The van der Waals surface area contributed by atoms with Crippen LogP contribution in [0.5, 0.6) is 0 Å². The number of hydrogen-bond donors (Lipinski definition) is 0. The smallest absolute Gasteiger partial charge is 0.258 e. The highest BCUT2D eigenvalue weighted by atomic mass is 35.5. The molecule has 0 radical (unpaired) electrons. The number of para-hydroxylation sites is 2. The van der Waals surface area contributed by atoms with Gasteiger partial charge in [0.15, 0.2) is 0 Å². The molecule has 1 aliphatic heterocycles. The number of fused-ring (bicyclic) bond motifs is 1. The standard InChI is InChI=1S/C28H29ClN2O2/c1-4-19(2)27(32)30-20(3)17-26(24-15-8-9-16-25(24)30)31(23-13-6-5-7-14-23)28(33)21-11-10-12-22(29)18-21/h5-16,18-20,26H,4,17H2,1-3H3/t19-,20-,26+/m0/s1. The molecule has 1 heterocycles. The molecule has 0 saturated carbocycles. The van der Waals surface area contributed by atoms with Gasteiger partial charge in [-0.2, -0.15) is 0 Å². The van der Waals surface area contributed by atoms with Crippen molar-refractivity contribution in [3.05, 3.63) is 95.0 Å². The molecular formula is C28H29ClN2O2. The molecule has 0 saturated heterocycles. The SMILES string of the molecule is CC[C@H](C)C(=O)N1c2ccccc2[C@H](N(C(=O)c2cccc(Cl)c2)c2ccccc2)C[C@@H]1C. The Balaban J connectivity index is 1.83. The van der Waals surface area contributed by atoms with Crippen molar-refractivity contribution in [2.75, 3.05) is 9.80 Å². The van der Waals surface area contributed by atoms with Crippen molar-refractivity contribution >= 4 is 34.8 Å². The lowest BCUT2D eigenvalue weighted by Crippen LogP contribution is -2.49. The first-order chi connectivity index (χ1) is 15.9. The van der Waals surface area contributed by atoms with Crippen molar-refractivity contribution in [3.8, 4) is 0 Å². The van der Waals surface area contributed by atoms with Crippen molar-refractivity contribution in [1.82, 2.24) is 0 Å². The minimum atomic E-state index is -0.217. The van der Waals surface area contributed by atoms with Crippen LogP contribution in [0, 0.1) is 5.92 Å². The maximum absolute atomic E-state index is 13.9. The second kappa shape index (κ2) is 9.80. The van der Waals surface area contributed by atoms with Crippen LogP contribution in [-0.2, 0) is 4.79 Å². The average Bonchev–Trinajstić information content (AvgIpc) is 2.84. The third kappa shape index (κ3) is 4.53. The summed E-state index contributed by atoms with van der Waals surface area (Å²) in [5.41, 5.74) is 3.21. The lowest BCUT2D eigenvalue weighted by atomic mass is 9.88. The van der Waals surface area contributed by atoms with E-state index < -0.39 is 0 Å². The summed E-state index contributed by atoms with van der Waals surface area (Å²) in [5.74, 6) is -0.0453. The van der Waals surface area contributed by atoms with E-state index >= 15 is 0 Å². The molecule has 0 spiro atoms. The normalized spacial score (nSPS) is 18.4. The van der Waals surface area contributed by atoms with Crippen molar-refractivity contribution in [2.45, 2.75) is 45.7 Å². The molecule has 33 heavy (non-hydrogen) atoms. The fourth-order valence-electron chi connectivity index (χ4n) is 4.56. The Bertz CT molecular complexity index is 1150. The summed E-state index contributed by atoms with van der Waals surface area (Å²) in [6.45, 7) is 6.08.